The van der Waals surface area contributed by atoms with Gasteiger partial charge in [-0.05, 0) is 37.6 Å². The number of carbonyl (C=O) groups is 2. The molecular formula is C30H36O14. The number of fused-ring (bicyclic) bond motifs is 1. The predicted molar refractivity (Wildman–Crippen MR) is 147 cm³/mol. The van der Waals surface area contributed by atoms with E-state index in [1.54, 1.807) is 31.2 Å². The van der Waals surface area contributed by atoms with Crippen LogP contribution in [0.4, 0.5) is 0 Å². The summed E-state index contributed by atoms with van der Waals surface area (Å²) in [5.41, 5.74) is -0.736. The Balaban J connectivity index is 1.38. The van der Waals surface area contributed by atoms with Crippen molar-refractivity contribution in [3.8, 4) is 0 Å². The largest absolute Gasteiger partial charge is 0.472 e. The van der Waals surface area contributed by atoms with E-state index in [0.29, 0.717) is 11.1 Å². The van der Waals surface area contributed by atoms with Crippen LogP contribution in [0.3, 0.4) is 0 Å². The average Bonchev–Trinajstić information content (AvgIpc) is 3.27. The minimum atomic E-state index is -1.88. The zero-order valence-corrected chi connectivity index (χ0v) is 23.9. The number of carbonyl (C=O) groups excluding carboxylic acids is 2. The lowest BCUT2D eigenvalue weighted by atomic mass is 9.83. The normalized spacial score (nSPS) is 42.1. The molecule has 3 heterocycles. The van der Waals surface area contributed by atoms with Crippen LogP contribution in [0, 0.1) is 5.92 Å². The second-order valence-electron chi connectivity index (χ2n) is 11.1. The van der Waals surface area contributed by atoms with Gasteiger partial charge in [0.05, 0.1) is 24.9 Å². The SMILES string of the molecule is CC1=CC(=O)C2(OC3OC(C)C(O)C(O)C3OC(=O)C=Cc3ccccc3)C=COC(OC3OC(CO)C(O)C(O)C3O)C12. The summed E-state index contributed by atoms with van der Waals surface area (Å²) >= 11 is 0. The molecule has 0 bridgehead atoms. The predicted octanol–water partition coefficient (Wildman–Crippen LogP) is -1.33. The molecule has 1 aromatic rings. The summed E-state index contributed by atoms with van der Waals surface area (Å²) in [5.74, 6) is -2.47. The van der Waals surface area contributed by atoms with Gasteiger partial charge < -0.3 is 59.1 Å². The molecule has 240 valence electrons. The molecule has 1 aromatic carbocycles. The van der Waals surface area contributed by atoms with E-state index in [0.717, 1.165) is 12.3 Å². The maximum Gasteiger partial charge on any atom is 0.331 e. The molecule has 2 fully saturated rings. The number of ether oxygens (including phenoxy) is 6. The molecule has 6 N–H and O–H groups in total. The standard InChI is InChI=1S/C30H36O14/c1-14-12-18(32)30(10-11-39-27(20(14)30)43-28-25(38)23(36)22(35)17(13-31)41-28)44-29-26(24(37)21(34)15(2)40-29)42-19(33)9-8-16-6-4-3-5-7-16/h3-12,15,17,20-29,31,34-38H,13H2,1-2H3. The smallest absolute Gasteiger partial charge is 0.331 e. The molecule has 0 saturated carbocycles. The van der Waals surface area contributed by atoms with Crippen molar-refractivity contribution in [3.05, 3.63) is 66.0 Å². The monoisotopic (exact) mass is 620 g/mol. The number of hydrogen-bond donors (Lipinski definition) is 6. The van der Waals surface area contributed by atoms with Crippen LogP contribution in [-0.2, 0) is 38.0 Å². The lowest BCUT2D eigenvalue weighted by molar-refractivity contribution is -0.353. The molecule has 3 aliphatic heterocycles. The van der Waals surface area contributed by atoms with Crippen molar-refractivity contribution in [2.75, 3.05) is 6.61 Å². The molecule has 0 aromatic heterocycles. The van der Waals surface area contributed by atoms with Crippen LogP contribution in [0.5, 0.6) is 0 Å². The first-order valence-electron chi connectivity index (χ1n) is 14.1. The molecule has 14 heteroatoms. The van der Waals surface area contributed by atoms with Crippen LogP contribution in [0.25, 0.3) is 6.08 Å². The third kappa shape index (κ3) is 6.10. The highest BCUT2D eigenvalue weighted by molar-refractivity contribution is 6.03. The van der Waals surface area contributed by atoms with Gasteiger partial charge >= 0.3 is 5.97 Å². The molecule has 1 aliphatic carbocycles. The van der Waals surface area contributed by atoms with Crippen LogP contribution in [0.2, 0.25) is 0 Å². The number of rotatable bonds is 8. The summed E-state index contributed by atoms with van der Waals surface area (Å²) in [7, 11) is 0. The summed E-state index contributed by atoms with van der Waals surface area (Å²) in [6.45, 7) is 2.39. The van der Waals surface area contributed by atoms with Crippen molar-refractivity contribution >= 4 is 17.8 Å². The summed E-state index contributed by atoms with van der Waals surface area (Å²) in [6, 6.07) is 8.91. The van der Waals surface area contributed by atoms with Gasteiger partial charge in [-0.1, -0.05) is 35.9 Å². The fourth-order valence-corrected chi connectivity index (χ4v) is 5.71. The van der Waals surface area contributed by atoms with Crippen molar-refractivity contribution in [2.24, 2.45) is 5.92 Å². The number of aliphatic hydroxyl groups excluding tert-OH is 6. The molecule has 13 atom stereocenters. The van der Waals surface area contributed by atoms with Crippen LogP contribution >= 0.6 is 0 Å². The minimum Gasteiger partial charge on any atom is -0.472 e. The molecule has 0 radical (unpaired) electrons. The molecular weight excluding hydrogens is 584 g/mol. The maximum absolute atomic E-state index is 13.5. The molecule has 2 saturated heterocycles. The van der Waals surface area contributed by atoms with E-state index in [9.17, 15) is 40.2 Å². The third-order valence-electron chi connectivity index (χ3n) is 8.17. The van der Waals surface area contributed by atoms with Crippen LogP contribution in [0.1, 0.15) is 19.4 Å². The lowest BCUT2D eigenvalue weighted by Gasteiger charge is -2.47. The number of esters is 1. The van der Waals surface area contributed by atoms with Crippen molar-refractivity contribution in [3.63, 3.8) is 0 Å². The zero-order chi connectivity index (χ0) is 31.8. The summed E-state index contributed by atoms with van der Waals surface area (Å²) < 4.78 is 34.5. The van der Waals surface area contributed by atoms with E-state index in [2.05, 4.69) is 0 Å². The molecule has 14 nitrogen and oxygen atoms in total. The van der Waals surface area contributed by atoms with E-state index >= 15 is 0 Å². The first-order chi connectivity index (χ1) is 21.0. The first-order valence-corrected chi connectivity index (χ1v) is 14.1. The topological polar surface area (TPSA) is 211 Å². The van der Waals surface area contributed by atoms with Gasteiger partial charge in [0.15, 0.2) is 30.1 Å². The highest BCUT2D eigenvalue weighted by Gasteiger charge is 2.60. The fraction of sp³-hybridized carbons (Fsp3) is 0.533. The first kappa shape index (κ1) is 32.4. The van der Waals surface area contributed by atoms with Gasteiger partial charge in [0.2, 0.25) is 6.29 Å². The quantitative estimate of drug-likeness (QED) is 0.147. The maximum atomic E-state index is 13.5. The number of hydrogen-bond acceptors (Lipinski definition) is 14. The molecule has 0 spiro atoms. The molecule has 13 unspecified atom stereocenters. The Bertz CT molecular complexity index is 1280. The Morgan fingerprint density at radius 1 is 0.955 bits per heavy atom. The van der Waals surface area contributed by atoms with Gasteiger partial charge in [-0.15, -0.1) is 0 Å². The summed E-state index contributed by atoms with van der Waals surface area (Å²) in [6.07, 6.45) is -10.2. The van der Waals surface area contributed by atoms with E-state index < -0.39 is 97.6 Å². The summed E-state index contributed by atoms with van der Waals surface area (Å²) in [5, 5.41) is 61.8. The van der Waals surface area contributed by atoms with Gasteiger partial charge in [-0.25, -0.2) is 4.79 Å². The Hall–Kier alpha value is -3.02. The van der Waals surface area contributed by atoms with Crippen molar-refractivity contribution in [2.45, 2.75) is 87.2 Å². The van der Waals surface area contributed by atoms with E-state index in [1.165, 1.54) is 25.2 Å². The number of ketones is 1. The number of benzene rings is 1. The van der Waals surface area contributed by atoms with Crippen molar-refractivity contribution in [1.82, 2.24) is 0 Å². The van der Waals surface area contributed by atoms with Crippen LogP contribution in [0.15, 0.2) is 60.4 Å². The van der Waals surface area contributed by atoms with Crippen LogP contribution in [-0.4, -0.2) is 122 Å². The second-order valence-corrected chi connectivity index (χ2v) is 11.1. The van der Waals surface area contributed by atoms with E-state index in [4.69, 9.17) is 28.4 Å². The molecule has 0 amide bonds. The van der Waals surface area contributed by atoms with Gasteiger partial charge in [-0.2, -0.15) is 0 Å². The van der Waals surface area contributed by atoms with E-state index in [-0.39, 0.29) is 0 Å². The number of aliphatic hydroxyl groups is 6. The Morgan fingerprint density at radius 2 is 1.68 bits per heavy atom. The fourth-order valence-electron chi connectivity index (χ4n) is 5.71. The van der Waals surface area contributed by atoms with Crippen LogP contribution < -0.4 is 0 Å². The average molecular weight is 621 g/mol. The van der Waals surface area contributed by atoms with Crippen molar-refractivity contribution < 1.29 is 68.6 Å². The van der Waals surface area contributed by atoms with Gasteiger partial charge in [0.1, 0.15) is 36.6 Å². The highest BCUT2D eigenvalue weighted by atomic mass is 16.8. The lowest BCUT2D eigenvalue weighted by Crippen LogP contribution is -2.63. The minimum absolute atomic E-state index is 0.428. The van der Waals surface area contributed by atoms with Crippen molar-refractivity contribution in [1.29, 1.82) is 0 Å². The Kier molecular flexibility index (Phi) is 9.67. The molecule has 4 aliphatic rings. The Morgan fingerprint density at radius 3 is 2.39 bits per heavy atom. The van der Waals surface area contributed by atoms with Gasteiger partial charge in [0, 0.05) is 6.08 Å². The third-order valence-corrected chi connectivity index (χ3v) is 8.17. The van der Waals surface area contributed by atoms with E-state index in [1.807, 2.05) is 6.07 Å². The van der Waals surface area contributed by atoms with Gasteiger partial charge in [-0.3, -0.25) is 4.79 Å². The highest BCUT2D eigenvalue weighted by Crippen LogP contribution is 2.46. The second kappa shape index (κ2) is 13.1. The molecule has 44 heavy (non-hydrogen) atoms. The van der Waals surface area contributed by atoms with Gasteiger partial charge in [0.25, 0.3) is 0 Å². The molecule has 5 rings (SSSR count). The summed E-state index contributed by atoms with van der Waals surface area (Å²) in [4.78, 5) is 26.3. The Labute approximate surface area is 252 Å². The zero-order valence-electron chi connectivity index (χ0n) is 23.9.